The maximum Gasteiger partial charge on any atom is 0.313 e. The monoisotopic (exact) mass is 374 g/mol. The molecular weight excluding hydrogens is 348 g/mol. The van der Waals surface area contributed by atoms with Crippen LogP contribution < -0.4 is 0 Å². The largest absolute Gasteiger partial charge is 0.481 e. The molecule has 0 radical (unpaired) electrons. The van der Waals surface area contributed by atoms with Gasteiger partial charge >= 0.3 is 5.97 Å². The molecule has 1 aromatic rings. The smallest absolute Gasteiger partial charge is 0.313 e. The Bertz CT molecular complexity index is 704. The van der Waals surface area contributed by atoms with Crippen molar-refractivity contribution in [3.63, 3.8) is 0 Å². The quantitative estimate of drug-likeness (QED) is 0.803. The van der Waals surface area contributed by atoms with E-state index in [1.807, 2.05) is 30.5 Å². The van der Waals surface area contributed by atoms with Gasteiger partial charge in [-0.15, -0.1) is 11.8 Å². The van der Waals surface area contributed by atoms with Gasteiger partial charge in [0.2, 0.25) is 0 Å². The van der Waals surface area contributed by atoms with Gasteiger partial charge in [-0.2, -0.15) is 0 Å². The summed E-state index contributed by atoms with van der Waals surface area (Å²) in [5.41, 5.74) is -0.145. The predicted octanol–water partition coefficient (Wildman–Crippen LogP) is 2.67. The highest BCUT2D eigenvalue weighted by atomic mass is 32.2. The summed E-state index contributed by atoms with van der Waals surface area (Å²) < 4.78 is 0. The average molecular weight is 375 g/mol. The normalized spacial score (nSPS) is 28.8. The van der Waals surface area contributed by atoms with E-state index in [0.717, 1.165) is 23.9 Å². The average Bonchev–Trinajstić information content (AvgIpc) is 3.12. The first-order chi connectivity index (χ1) is 12.5. The van der Waals surface area contributed by atoms with Crippen LogP contribution in [-0.4, -0.2) is 65.8 Å². The van der Waals surface area contributed by atoms with Crippen molar-refractivity contribution in [2.24, 2.45) is 17.3 Å². The van der Waals surface area contributed by atoms with Crippen molar-refractivity contribution in [1.82, 2.24) is 9.80 Å². The molecule has 2 atom stereocenters. The van der Waals surface area contributed by atoms with Crippen LogP contribution in [0.15, 0.2) is 29.2 Å². The lowest BCUT2D eigenvalue weighted by Crippen LogP contribution is -2.43. The molecule has 3 aliphatic rings. The number of fused-ring (bicyclic) bond motifs is 1. The summed E-state index contributed by atoms with van der Waals surface area (Å²) in [7, 11) is 0. The fraction of sp³-hybridized carbons (Fsp3) is 0.600. The number of amides is 1. The van der Waals surface area contributed by atoms with Crippen molar-refractivity contribution in [1.29, 1.82) is 0 Å². The Labute approximate surface area is 158 Å². The summed E-state index contributed by atoms with van der Waals surface area (Å²) in [6, 6.07) is 7.58. The number of rotatable bonds is 5. The Morgan fingerprint density at radius 1 is 1.19 bits per heavy atom. The van der Waals surface area contributed by atoms with Crippen molar-refractivity contribution in [2.75, 3.05) is 39.0 Å². The van der Waals surface area contributed by atoms with E-state index >= 15 is 0 Å². The highest BCUT2D eigenvalue weighted by Crippen LogP contribution is 2.44. The van der Waals surface area contributed by atoms with Crippen LogP contribution in [0.1, 0.15) is 29.6 Å². The van der Waals surface area contributed by atoms with Crippen molar-refractivity contribution < 1.29 is 14.7 Å². The molecule has 1 saturated carbocycles. The van der Waals surface area contributed by atoms with Crippen LogP contribution in [0.5, 0.6) is 0 Å². The minimum atomic E-state index is -0.793. The molecule has 26 heavy (non-hydrogen) atoms. The van der Waals surface area contributed by atoms with Gasteiger partial charge in [-0.3, -0.25) is 9.59 Å². The highest BCUT2D eigenvalue weighted by molar-refractivity contribution is 7.98. The van der Waals surface area contributed by atoms with Gasteiger partial charge in [-0.05, 0) is 49.3 Å². The fourth-order valence-corrected chi connectivity index (χ4v) is 5.13. The molecule has 5 nitrogen and oxygen atoms in total. The van der Waals surface area contributed by atoms with Gasteiger partial charge in [0.15, 0.2) is 0 Å². The summed E-state index contributed by atoms with van der Waals surface area (Å²) in [5.74, 6) is -0.00767. The number of nitrogens with zero attached hydrogens (tertiary/aromatic N) is 2. The molecule has 1 aliphatic carbocycles. The van der Waals surface area contributed by atoms with Gasteiger partial charge in [-0.1, -0.05) is 6.42 Å². The minimum absolute atomic E-state index is 0.0366. The maximum absolute atomic E-state index is 12.9. The molecule has 2 saturated heterocycles. The molecular formula is C20H26N2O3S. The number of likely N-dealkylation sites (tertiary alicyclic amines) is 2. The Morgan fingerprint density at radius 2 is 1.92 bits per heavy atom. The molecule has 140 valence electrons. The molecule has 1 aromatic carbocycles. The lowest BCUT2D eigenvalue weighted by Gasteiger charge is -2.31. The first-order valence-electron chi connectivity index (χ1n) is 9.41. The standard InChI is InChI=1S/C20H26N2O3S/c1-26-17-7-5-15(6-8-17)18(23)22-11-16-10-21(9-14-3-2-4-14)12-20(16,13-22)19(24)25/h5-8,14,16H,2-4,9-13H2,1H3,(H,24,25)/t16-,20-/m1/s1. The van der Waals surface area contributed by atoms with E-state index in [2.05, 4.69) is 4.90 Å². The lowest BCUT2D eigenvalue weighted by molar-refractivity contribution is -0.148. The van der Waals surface area contributed by atoms with Crippen LogP contribution in [0.4, 0.5) is 0 Å². The van der Waals surface area contributed by atoms with Gasteiger partial charge in [0.05, 0.1) is 0 Å². The van der Waals surface area contributed by atoms with E-state index < -0.39 is 11.4 Å². The summed E-state index contributed by atoms with van der Waals surface area (Å²) in [4.78, 5) is 30.2. The first kappa shape index (κ1) is 17.9. The van der Waals surface area contributed by atoms with Gasteiger partial charge in [0.1, 0.15) is 5.41 Å². The number of carbonyl (C=O) groups is 2. The van der Waals surface area contributed by atoms with Crippen LogP contribution in [0.25, 0.3) is 0 Å². The molecule has 4 rings (SSSR count). The summed E-state index contributed by atoms with van der Waals surface area (Å²) >= 11 is 1.64. The molecule has 6 heteroatoms. The Morgan fingerprint density at radius 3 is 2.46 bits per heavy atom. The molecule has 2 heterocycles. The number of carbonyl (C=O) groups excluding carboxylic acids is 1. The number of thioether (sulfide) groups is 1. The maximum atomic E-state index is 12.9. The van der Waals surface area contributed by atoms with Gasteiger partial charge < -0.3 is 14.9 Å². The molecule has 0 aromatic heterocycles. The van der Waals surface area contributed by atoms with E-state index in [4.69, 9.17) is 0 Å². The number of hydrogen-bond donors (Lipinski definition) is 1. The number of hydrogen-bond acceptors (Lipinski definition) is 4. The number of aliphatic carboxylic acids is 1. The van der Waals surface area contributed by atoms with Crippen molar-refractivity contribution in [3.8, 4) is 0 Å². The molecule has 0 bridgehead atoms. The third-order valence-corrected chi connectivity index (χ3v) is 7.21. The molecule has 1 N–H and O–H groups in total. The van der Waals surface area contributed by atoms with Crippen molar-refractivity contribution in [3.05, 3.63) is 29.8 Å². The van der Waals surface area contributed by atoms with E-state index in [1.165, 1.54) is 19.3 Å². The molecule has 0 unspecified atom stereocenters. The molecule has 3 fully saturated rings. The SMILES string of the molecule is CSc1ccc(C(=O)N2C[C@H]3CN(CC4CCC4)C[C@@]3(C(=O)O)C2)cc1. The Hall–Kier alpha value is -1.53. The van der Waals surface area contributed by atoms with Crippen LogP contribution >= 0.6 is 11.8 Å². The summed E-state index contributed by atoms with van der Waals surface area (Å²) in [6.07, 6.45) is 5.86. The number of carboxylic acids is 1. The number of carboxylic acid groups (broad SMARTS) is 1. The molecule has 2 aliphatic heterocycles. The third kappa shape index (κ3) is 3.03. The van der Waals surface area contributed by atoms with Crippen LogP contribution in [0.2, 0.25) is 0 Å². The fourth-order valence-electron chi connectivity index (χ4n) is 4.72. The van der Waals surface area contributed by atoms with E-state index in [-0.39, 0.29) is 11.8 Å². The zero-order valence-corrected chi connectivity index (χ0v) is 16.0. The Kier molecular flexibility index (Phi) is 4.73. The van der Waals surface area contributed by atoms with E-state index in [0.29, 0.717) is 25.2 Å². The van der Waals surface area contributed by atoms with E-state index in [1.54, 1.807) is 16.7 Å². The predicted molar refractivity (Wildman–Crippen MR) is 101 cm³/mol. The summed E-state index contributed by atoms with van der Waals surface area (Å²) in [5, 5.41) is 9.97. The van der Waals surface area contributed by atoms with Crippen molar-refractivity contribution >= 4 is 23.6 Å². The van der Waals surface area contributed by atoms with Gasteiger partial charge in [0.25, 0.3) is 5.91 Å². The zero-order chi connectivity index (χ0) is 18.3. The second-order valence-corrected chi connectivity index (χ2v) is 8.94. The first-order valence-corrected chi connectivity index (χ1v) is 10.6. The molecule has 0 spiro atoms. The van der Waals surface area contributed by atoms with E-state index in [9.17, 15) is 14.7 Å². The third-order valence-electron chi connectivity index (χ3n) is 6.47. The topological polar surface area (TPSA) is 60.9 Å². The highest BCUT2D eigenvalue weighted by Gasteiger charge is 2.58. The Balaban J connectivity index is 1.46. The van der Waals surface area contributed by atoms with Crippen LogP contribution in [0, 0.1) is 17.3 Å². The second-order valence-electron chi connectivity index (χ2n) is 8.06. The van der Waals surface area contributed by atoms with Gasteiger partial charge in [0, 0.05) is 49.1 Å². The minimum Gasteiger partial charge on any atom is -0.481 e. The lowest BCUT2D eigenvalue weighted by atomic mass is 9.81. The summed E-state index contributed by atoms with van der Waals surface area (Å²) in [6.45, 7) is 3.29. The van der Waals surface area contributed by atoms with Crippen molar-refractivity contribution in [2.45, 2.75) is 24.2 Å². The van der Waals surface area contributed by atoms with Crippen LogP contribution in [0.3, 0.4) is 0 Å². The zero-order valence-electron chi connectivity index (χ0n) is 15.2. The van der Waals surface area contributed by atoms with Gasteiger partial charge in [-0.25, -0.2) is 0 Å². The molecule has 1 amide bonds. The van der Waals surface area contributed by atoms with Crippen LogP contribution in [-0.2, 0) is 4.79 Å². The number of benzene rings is 1. The second kappa shape index (κ2) is 6.89.